The summed E-state index contributed by atoms with van der Waals surface area (Å²) in [5.74, 6) is 1.28. The molecule has 1 aliphatic rings. The number of rotatable bonds is 11. The molecule has 1 aromatic carbocycles. The Hall–Kier alpha value is -3.50. The van der Waals surface area contributed by atoms with Crippen molar-refractivity contribution >= 4 is 28.8 Å². The lowest BCUT2D eigenvalue weighted by Gasteiger charge is -2.13. The van der Waals surface area contributed by atoms with Crippen LogP contribution in [0.25, 0.3) is 33.0 Å². The van der Waals surface area contributed by atoms with Gasteiger partial charge in [-0.15, -0.1) is 11.3 Å². The van der Waals surface area contributed by atoms with Gasteiger partial charge in [-0.3, -0.25) is 4.79 Å². The van der Waals surface area contributed by atoms with Crippen molar-refractivity contribution in [3.8, 4) is 44.7 Å². The number of aromatic nitrogens is 2. The van der Waals surface area contributed by atoms with Crippen molar-refractivity contribution in [2.24, 2.45) is 0 Å². The van der Waals surface area contributed by atoms with Gasteiger partial charge >= 0.3 is 0 Å². The molecule has 0 spiro atoms. The van der Waals surface area contributed by atoms with Gasteiger partial charge in [0.2, 0.25) is 17.7 Å². The molecule has 0 saturated carbocycles. The minimum absolute atomic E-state index is 0.120. The van der Waals surface area contributed by atoms with Crippen molar-refractivity contribution in [2.75, 3.05) is 27.8 Å². The third-order valence-electron chi connectivity index (χ3n) is 6.86. The molecule has 0 aliphatic carbocycles. The van der Waals surface area contributed by atoms with E-state index in [4.69, 9.17) is 31.0 Å². The molecule has 8 nitrogen and oxygen atoms in total. The maximum Gasteiger partial charge on any atom is 0.220 e. The minimum Gasteiger partial charge on any atom is -0.481 e. The molecular formula is C30H32ClN5O3S. The molecule has 0 bridgehead atoms. The van der Waals surface area contributed by atoms with Crippen LogP contribution in [0.1, 0.15) is 24.0 Å². The van der Waals surface area contributed by atoms with Gasteiger partial charge in [0.25, 0.3) is 0 Å². The van der Waals surface area contributed by atoms with E-state index in [1.54, 1.807) is 25.6 Å². The predicted molar refractivity (Wildman–Crippen MR) is 160 cm³/mol. The van der Waals surface area contributed by atoms with Crippen LogP contribution in [0.2, 0.25) is 5.02 Å². The van der Waals surface area contributed by atoms with E-state index >= 15 is 0 Å². The van der Waals surface area contributed by atoms with E-state index in [1.807, 2.05) is 49.5 Å². The Labute approximate surface area is 243 Å². The summed E-state index contributed by atoms with van der Waals surface area (Å²) < 4.78 is 11.1. The number of carbonyl (C=O) groups is 1. The van der Waals surface area contributed by atoms with Crippen LogP contribution in [0.5, 0.6) is 11.8 Å². The van der Waals surface area contributed by atoms with Gasteiger partial charge in [0.05, 0.1) is 30.6 Å². The number of amides is 1. The highest BCUT2D eigenvalue weighted by atomic mass is 35.5. The summed E-state index contributed by atoms with van der Waals surface area (Å²) in [6, 6.07) is 16.3. The first-order chi connectivity index (χ1) is 19.5. The molecule has 1 atom stereocenters. The van der Waals surface area contributed by atoms with Crippen LogP contribution in [-0.2, 0) is 17.9 Å². The molecule has 0 radical (unpaired) electrons. The highest BCUT2D eigenvalue weighted by molar-refractivity contribution is 7.14. The monoisotopic (exact) mass is 577 g/mol. The molecule has 1 aliphatic heterocycles. The first-order valence-corrected chi connectivity index (χ1v) is 14.4. The number of benzene rings is 1. The van der Waals surface area contributed by atoms with Crippen LogP contribution in [0.15, 0.2) is 53.9 Å². The van der Waals surface area contributed by atoms with Crippen LogP contribution >= 0.6 is 22.9 Å². The van der Waals surface area contributed by atoms with Gasteiger partial charge in [-0.05, 0) is 31.7 Å². The number of ether oxygens (including phenoxy) is 2. The van der Waals surface area contributed by atoms with E-state index in [-0.39, 0.29) is 11.9 Å². The molecule has 1 unspecified atom stereocenters. The number of nitrogens with zero attached hydrogens (tertiary/aromatic N) is 2. The quantitative estimate of drug-likeness (QED) is 0.223. The molecule has 208 valence electrons. The molecule has 3 N–H and O–H groups in total. The van der Waals surface area contributed by atoms with E-state index in [2.05, 4.69) is 27.4 Å². The van der Waals surface area contributed by atoms with Crippen molar-refractivity contribution < 1.29 is 14.3 Å². The number of halogens is 1. The van der Waals surface area contributed by atoms with Crippen LogP contribution in [0.3, 0.4) is 0 Å². The third kappa shape index (κ3) is 6.13. The Balaban J connectivity index is 1.35. The van der Waals surface area contributed by atoms with Crippen molar-refractivity contribution in [1.29, 1.82) is 0 Å². The van der Waals surface area contributed by atoms with Crippen LogP contribution in [-0.4, -0.2) is 49.7 Å². The lowest BCUT2D eigenvalue weighted by atomic mass is 10.0. The summed E-state index contributed by atoms with van der Waals surface area (Å²) in [6.45, 7) is 1.99. The second kappa shape index (κ2) is 12.8. The number of pyridine rings is 2. The molecular weight excluding hydrogens is 546 g/mol. The molecule has 10 heteroatoms. The van der Waals surface area contributed by atoms with Gasteiger partial charge in [-0.25, -0.2) is 9.97 Å². The molecule has 1 amide bonds. The van der Waals surface area contributed by atoms with E-state index in [9.17, 15) is 4.79 Å². The topological polar surface area (TPSA) is 97.4 Å². The molecule has 1 saturated heterocycles. The molecule has 40 heavy (non-hydrogen) atoms. The molecule has 4 heterocycles. The maximum atomic E-state index is 11.4. The lowest BCUT2D eigenvalue weighted by molar-refractivity contribution is -0.119. The number of carbonyl (C=O) groups excluding carboxylic acids is 1. The highest BCUT2D eigenvalue weighted by Crippen LogP contribution is 2.40. The largest absolute Gasteiger partial charge is 0.481 e. The Morgan fingerprint density at radius 1 is 1.00 bits per heavy atom. The van der Waals surface area contributed by atoms with E-state index in [0.29, 0.717) is 42.8 Å². The zero-order chi connectivity index (χ0) is 28.1. The summed E-state index contributed by atoms with van der Waals surface area (Å²) >= 11 is 8.56. The number of thiophene rings is 1. The Morgan fingerprint density at radius 3 is 2.40 bits per heavy atom. The normalized spacial score (nSPS) is 14.8. The van der Waals surface area contributed by atoms with Gasteiger partial charge < -0.3 is 25.4 Å². The number of hydrogen-bond donors (Lipinski definition) is 3. The summed E-state index contributed by atoms with van der Waals surface area (Å²) in [5, 5.41) is 12.2. The summed E-state index contributed by atoms with van der Waals surface area (Å²) in [6.07, 6.45) is 1.46. The zero-order valence-corrected chi connectivity index (χ0v) is 24.3. The van der Waals surface area contributed by atoms with Gasteiger partial charge in [0.15, 0.2) is 0 Å². The zero-order valence-electron chi connectivity index (χ0n) is 22.7. The maximum absolute atomic E-state index is 11.4. The summed E-state index contributed by atoms with van der Waals surface area (Å²) in [7, 11) is 5.14. The van der Waals surface area contributed by atoms with Crippen LogP contribution < -0.4 is 25.4 Å². The van der Waals surface area contributed by atoms with Gasteiger partial charge in [0.1, 0.15) is 0 Å². The smallest absolute Gasteiger partial charge is 0.220 e. The fraction of sp³-hybridized carbons (Fsp3) is 0.300. The standard InChI is InChI=1S/C30H32ClN5O3S/c1-32-14-18-8-11-25(36-29(18)38-2)22-5-4-6-23(28(22)31)26-13-20(17-40-26)24-10-7-19(30(35-24)39-3)15-33-16-21-9-12-27(37)34-21/h4-8,10-11,13,17,21,32-33H,9,12,14-16H2,1-3H3,(H,34,37). The van der Waals surface area contributed by atoms with Crippen LogP contribution in [0.4, 0.5) is 0 Å². The average molecular weight is 578 g/mol. The van der Waals surface area contributed by atoms with Crippen molar-refractivity contribution in [1.82, 2.24) is 25.9 Å². The Kier molecular flexibility index (Phi) is 8.96. The fourth-order valence-corrected chi connectivity index (χ4v) is 6.12. The molecule has 4 aromatic rings. The average Bonchev–Trinajstić information content (AvgIpc) is 3.63. The fourth-order valence-electron chi connectivity index (χ4n) is 4.81. The Morgan fingerprint density at radius 2 is 1.70 bits per heavy atom. The first kappa shape index (κ1) is 28.0. The molecule has 5 rings (SSSR count). The minimum atomic E-state index is 0.120. The predicted octanol–water partition coefficient (Wildman–Crippen LogP) is 5.30. The second-order valence-corrected chi connectivity index (χ2v) is 10.9. The summed E-state index contributed by atoms with van der Waals surface area (Å²) in [5.41, 5.74) is 6.29. The van der Waals surface area contributed by atoms with Crippen molar-refractivity contribution in [2.45, 2.75) is 32.0 Å². The van der Waals surface area contributed by atoms with Gasteiger partial charge in [-0.2, -0.15) is 0 Å². The van der Waals surface area contributed by atoms with Gasteiger partial charge in [0, 0.05) is 70.2 Å². The Bertz CT molecular complexity index is 1510. The third-order valence-corrected chi connectivity index (χ3v) is 8.23. The summed E-state index contributed by atoms with van der Waals surface area (Å²) in [4.78, 5) is 21.9. The van der Waals surface area contributed by atoms with E-state index in [1.165, 1.54) is 0 Å². The number of methoxy groups -OCH3 is 2. The first-order valence-electron chi connectivity index (χ1n) is 13.1. The van der Waals surface area contributed by atoms with Crippen LogP contribution in [0, 0.1) is 0 Å². The molecule has 3 aromatic heterocycles. The van der Waals surface area contributed by atoms with Crippen molar-refractivity contribution in [3.05, 3.63) is 70.1 Å². The van der Waals surface area contributed by atoms with Gasteiger partial charge in [-0.1, -0.05) is 41.9 Å². The lowest BCUT2D eigenvalue weighted by Crippen LogP contribution is -2.35. The van der Waals surface area contributed by atoms with E-state index in [0.717, 1.165) is 50.5 Å². The highest BCUT2D eigenvalue weighted by Gasteiger charge is 2.20. The SMILES string of the molecule is CNCc1ccc(-c2cccc(-c3cc(-c4ccc(CNCC5CCC(=O)N5)c(OC)n4)cs3)c2Cl)nc1OC. The number of hydrogen-bond acceptors (Lipinski definition) is 8. The van der Waals surface area contributed by atoms with E-state index < -0.39 is 0 Å². The molecule has 1 fully saturated rings. The van der Waals surface area contributed by atoms with Crippen molar-refractivity contribution in [3.63, 3.8) is 0 Å². The second-order valence-electron chi connectivity index (χ2n) is 9.56. The number of nitrogens with one attached hydrogen (secondary N) is 3.